The first-order valence-electron chi connectivity index (χ1n) is 13.5. The molecule has 0 unspecified atom stereocenters. The molecule has 0 radical (unpaired) electrons. The molecule has 3 aliphatic rings. The van der Waals surface area contributed by atoms with Gasteiger partial charge in [0.05, 0.1) is 0 Å². The van der Waals surface area contributed by atoms with Gasteiger partial charge >= 0.3 is 23.1 Å². The number of hydrogen-bond acceptors (Lipinski definition) is 1. The fourth-order valence-corrected chi connectivity index (χ4v) is 6.53. The van der Waals surface area contributed by atoms with Gasteiger partial charge in [-0.1, -0.05) is 85.7 Å². The summed E-state index contributed by atoms with van der Waals surface area (Å²) in [7, 11) is 0. The first kappa shape index (κ1) is 26.9. The number of rotatable bonds is 2. The molecule has 192 valence electrons. The van der Waals surface area contributed by atoms with Gasteiger partial charge in [-0.15, -0.1) is 33.5 Å². The van der Waals surface area contributed by atoms with Crippen LogP contribution in [0.4, 0.5) is 0 Å². The second-order valence-electron chi connectivity index (χ2n) is 11.0. The summed E-state index contributed by atoms with van der Waals surface area (Å²) in [6, 6.07) is 0. The van der Waals surface area contributed by atoms with Gasteiger partial charge < -0.3 is 20.3 Å². The molecule has 0 amide bonds. The van der Waals surface area contributed by atoms with E-state index in [-0.39, 0.29) is 46.6 Å². The zero-order chi connectivity index (χ0) is 26.3. The normalized spacial score (nSPS) is 26.7. The fraction of sp³-hybridized carbons (Fsp3) is 0.406. The van der Waals surface area contributed by atoms with Crippen molar-refractivity contribution < 1.29 is 4.79 Å². The maximum Gasteiger partial charge on any atom is 2.00 e. The van der Waals surface area contributed by atoms with E-state index in [1.807, 2.05) is 13.8 Å². The standard InChI is InChI=1S/C32H35N4O.Mg/c1-9-20-16(5)24-11-22-14(3)15(4)23(33-22)12-25-17(6)21(10-2)30(35-25)28-19(8)32(37)29-18(7)26(36-31(28)29)13-27(20)34-24;/h11-13,17,19,21H,9-10H2,1-8H3,(H-,35,36,37);/q-3;+2/p-1/b24-11-,25-12-,27-13-;/t17-,19+,21-;/m0./s1. The van der Waals surface area contributed by atoms with E-state index in [2.05, 4.69) is 59.8 Å². The van der Waals surface area contributed by atoms with Crippen LogP contribution in [0.1, 0.15) is 95.1 Å². The molecule has 0 aromatic carbocycles. The molecule has 6 heteroatoms. The van der Waals surface area contributed by atoms with E-state index in [1.54, 1.807) is 0 Å². The summed E-state index contributed by atoms with van der Waals surface area (Å²) < 4.78 is 0. The summed E-state index contributed by atoms with van der Waals surface area (Å²) in [5.74, 6) is 0.415. The van der Waals surface area contributed by atoms with Crippen LogP contribution in [-0.4, -0.2) is 28.8 Å². The van der Waals surface area contributed by atoms with E-state index >= 15 is 0 Å². The SMILES string of the molecule is CCc1c(C)/c2[n-]/c1=C\c1[n-]c3c(c1C)C(=O)[C@H](C)/C3=C1/[N-]/C(=C\c3[n-]c(c(C)c3C)\C=2)[C@@H](C)[C@@H]1CC.[Mg+2]. The van der Waals surface area contributed by atoms with Crippen molar-refractivity contribution in [2.75, 3.05) is 0 Å². The van der Waals surface area contributed by atoms with E-state index in [9.17, 15) is 4.79 Å². The molecule has 0 N–H and O–H groups in total. The average Bonchev–Trinajstić information content (AvgIpc) is 3.58. The summed E-state index contributed by atoms with van der Waals surface area (Å²) in [5, 5.41) is 7.10. The van der Waals surface area contributed by atoms with Gasteiger partial charge in [-0.25, -0.2) is 0 Å². The number of carbonyl (C=O) groups excluding carboxylic acids is 1. The Morgan fingerprint density at radius 3 is 2.08 bits per heavy atom. The maximum absolute atomic E-state index is 13.6. The monoisotopic (exact) mass is 514 g/mol. The predicted octanol–water partition coefficient (Wildman–Crippen LogP) is 4.58. The Morgan fingerprint density at radius 2 is 1.42 bits per heavy atom. The molecule has 3 aromatic rings. The largest absolute Gasteiger partial charge is 2.00 e. The third kappa shape index (κ3) is 3.67. The van der Waals surface area contributed by atoms with Crippen LogP contribution in [0.2, 0.25) is 0 Å². The van der Waals surface area contributed by atoms with Crippen molar-refractivity contribution >= 4 is 52.6 Å². The van der Waals surface area contributed by atoms with Gasteiger partial charge in [0.2, 0.25) is 0 Å². The molecule has 1 aliphatic carbocycles. The molecule has 0 spiro atoms. The minimum absolute atomic E-state index is 0. The molecule has 3 aromatic heterocycles. The van der Waals surface area contributed by atoms with E-state index in [0.717, 1.165) is 74.4 Å². The third-order valence-corrected chi connectivity index (χ3v) is 9.09. The molecular formula is C32H34MgN4O-2. The predicted molar refractivity (Wildman–Crippen MR) is 154 cm³/mol. The molecular weight excluding hydrogens is 481 g/mol. The summed E-state index contributed by atoms with van der Waals surface area (Å²) in [6.45, 7) is 17.1. The van der Waals surface area contributed by atoms with Crippen LogP contribution in [0.3, 0.4) is 0 Å². The Bertz CT molecular complexity index is 1670. The van der Waals surface area contributed by atoms with Crippen LogP contribution in [0, 0.1) is 45.4 Å². The zero-order valence-electron chi connectivity index (χ0n) is 23.8. The Kier molecular flexibility index (Phi) is 6.71. The minimum Gasteiger partial charge on any atom is -0.664 e. The number of nitrogens with zero attached hydrogens (tertiary/aromatic N) is 4. The number of hydrogen-bond donors (Lipinski definition) is 0. The van der Waals surface area contributed by atoms with Crippen molar-refractivity contribution in [2.45, 2.75) is 68.2 Å². The van der Waals surface area contributed by atoms with Crippen LogP contribution in [0.25, 0.3) is 29.1 Å². The quantitative estimate of drug-likeness (QED) is 0.469. The third-order valence-electron chi connectivity index (χ3n) is 9.09. The first-order chi connectivity index (χ1) is 17.7. The summed E-state index contributed by atoms with van der Waals surface area (Å²) in [5.41, 5.74) is 13.1. The van der Waals surface area contributed by atoms with Gasteiger partial charge in [-0.3, -0.25) is 4.79 Å². The fourth-order valence-electron chi connectivity index (χ4n) is 6.53. The van der Waals surface area contributed by atoms with E-state index in [4.69, 9.17) is 20.3 Å². The summed E-state index contributed by atoms with van der Waals surface area (Å²) in [6.07, 6.45) is 8.18. The number of allylic oxidation sites excluding steroid dienone is 3. The Labute approximate surface area is 241 Å². The topological polar surface area (TPSA) is 73.5 Å². The molecule has 3 atom stereocenters. The minimum atomic E-state index is -0.234. The second kappa shape index (κ2) is 9.49. The van der Waals surface area contributed by atoms with Crippen molar-refractivity contribution in [3.05, 3.63) is 83.6 Å². The molecule has 5 heterocycles. The molecule has 0 saturated carbocycles. The molecule has 8 bridgehead atoms. The Morgan fingerprint density at radius 1 is 0.789 bits per heavy atom. The van der Waals surface area contributed by atoms with Crippen molar-refractivity contribution in [1.82, 2.24) is 15.0 Å². The Hall–Kier alpha value is -2.70. The number of fused-ring (bicyclic) bond motifs is 7. The summed E-state index contributed by atoms with van der Waals surface area (Å²) in [4.78, 5) is 28.8. The smallest absolute Gasteiger partial charge is 0.664 e. The van der Waals surface area contributed by atoms with Gasteiger partial charge in [-0.2, -0.15) is 11.4 Å². The molecule has 2 aliphatic heterocycles. The van der Waals surface area contributed by atoms with Crippen LogP contribution in [0.5, 0.6) is 0 Å². The van der Waals surface area contributed by atoms with E-state index in [0.29, 0.717) is 0 Å². The van der Waals surface area contributed by atoms with Crippen molar-refractivity contribution in [2.24, 2.45) is 17.8 Å². The van der Waals surface area contributed by atoms with Gasteiger partial charge in [0.1, 0.15) is 0 Å². The first-order valence-corrected chi connectivity index (χ1v) is 13.5. The van der Waals surface area contributed by atoms with Gasteiger partial charge in [0, 0.05) is 11.5 Å². The molecule has 5 nitrogen and oxygen atoms in total. The van der Waals surface area contributed by atoms with Gasteiger partial charge in [0.15, 0.2) is 5.78 Å². The van der Waals surface area contributed by atoms with Crippen LogP contribution >= 0.6 is 0 Å². The van der Waals surface area contributed by atoms with Crippen molar-refractivity contribution in [3.8, 4) is 0 Å². The van der Waals surface area contributed by atoms with E-state index < -0.39 is 0 Å². The molecule has 1 saturated heterocycles. The molecule has 1 fully saturated rings. The second-order valence-corrected chi connectivity index (χ2v) is 11.0. The number of aromatic nitrogens is 3. The zero-order valence-corrected chi connectivity index (χ0v) is 25.2. The summed E-state index contributed by atoms with van der Waals surface area (Å²) >= 11 is 0. The van der Waals surface area contributed by atoms with Crippen LogP contribution in [-0.2, 0) is 6.42 Å². The molecule has 38 heavy (non-hydrogen) atoms. The molecule has 6 rings (SSSR count). The van der Waals surface area contributed by atoms with Gasteiger partial charge in [0.25, 0.3) is 0 Å². The Balaban J connectivity index is 0.00000294. The number of Topliss-reactive ketones (excluding diaryl/α,β-unsaturated/α-hetero) is 1. The van der Waals surface area contributed by atoms with Crippen LogP contribution in [0.15, 0.2) is 11.4 Å². The average molecular weight is 515 g/mol. The number of carbonyl (C=O) groups is 1. The van der Waals surface area contributed by atoms with Gasteiger partial charge in [-0.05, 0) is 46.0 Å². The number of ketones is 1. The maximum atomic E-state index is 13.6. The van der Waals surface area contributed by atoms with E-state index in [1.165, 1.54) is 22.3 Å². The van der Waals surface area contributed by atoms with Crippen LogP contribution < -0.4 is 25.7 Å². The van der Waals surface area contributed by atoms with Crippen molar-refractivity contribution in [3.63, 3.8) is 0 Å². The van der Waals surface area contributed by atoms with Crippen molar-refractivity contribution in [1.29, 1.82) is 0 Å².